The second-order valence-electron chi connectivity index (χ2n) is 4.11. The van der Waals surface area contributed by atoms with E-state index in [0.717, 1.165) is 17.9 Å². The van der Waals surface area contributed by atoms with E-state index in [1.54, 1.807) is 12.1 Å². The molecule has 0 aliphatic rings. The van der Waals surface area contributed by atoms with Crippen molar-refractivity contribution in [3.63, 3.8) is 0 Å². The van der Waals surface area contributed by atoms with Crippen LogP contribution in [0.2, 0.25) is 10.2 Å². The smallest absolute Gasteiger partial charge is 0.193 e. The first-order chi connectivity index (χ1) is 8.52. The van der Waals surface area contributed by atoms with E-state index >= 15 is 0 Å². The number of hydrogen-bond donors (Lipinski definition) is 1. The lowest BCUT2D eigenvalue weighted by atomic mass is 10.1. The Morgan fingerprint density at radius 2 is 2.17 bits per heavy atom. The third-order valence-corrected chi connectivity index (χ3v) is 3.52. The summed E-state index contributed by atoms with van der Waals surface area (Å²) in [5, 5.41) is 5.36. The summed E-state index contributed by atoms with van der Waals surface area (Å²) in [6.45, 7) is 4.66. The molecule has 1 atom stereocenters. The number of aromatic nitrogens is 2. The van der Waals surface area contributed by atoms with Crippen LogP contribution in [-0.2, 0) is 13.0 Å². The Kier molecular flexibility index (Phi) is 4.00. The van der Waals surface area contributed by atoms with Gasteiger partial charge in [-0.3, -0.25) is 4.68 Å². The third-order valence-electron chi connectivity index (χ3n) is 2.83. The van der Waals surface area contributed by atoms with Crippen LogP contribution in [0.4, 0.5) is 0 Å². The van der Waals surface area contributed by atoms with Gasteiger partial charge in [0.05, 0.1) is 22.5 Å². The number of furan rings is 1. The van der Waals surface area contributed by atoms with Crippen LogP contribution in [-0.4, -0.2) is 9.78 Å². The van der Waals surface area contributed by atoms with E-state index in [9.17, 15) is 0 Å². The first kappa shape index (κ1) is 13.5. The molecule has 0 bridgehead atoms. The van der Waals surface area contributed by atoms with E-state index in [2.05, 4.69) is 5.10 Å². The van der Waals surface area contributed by atoms with Crippen molar-refractivity contribution < 1.29 is 4.42 Å². The molecule has 0 radical (unpaired) electrons. The highest BCUT2D eigenvalue weighted by Gasteiger charge is 2.18. The van der Waals surface area contributed by atoms with E-state index in [1.165, 1.54) is 0 Å². The molecule has 4 nitrogen and oxygen atoms in total. The highest BCUT2D eigenvalue weighted by molar-refractivity contribution is 6.31. The lowest BCUT2D eigenvalue weighted by molar-refractivity contribution is 0.458. The van der Waals surface area contributed by atoms with Crippen molar-refractivity contribution >= 4 is 23.2 Å². The average molecular weight is 288 g/mol. The summed E-state index contributed by atoms with van der Waals surface area (Å²) in [4.78, 5) is 0. The van der Waals surface area contributed by atoms with E-state index in [4.69, 9.17) is 33.4 Å². The molecule has 2 aromatic heterocycles. The predicted molar refractivity (Wildman–Crippen MR) is 72.0 cm³/mol. The van der Waals surface area contributed by atoms with Gasteiger partial charge in [0.15, 0.2) is 5.22 Å². The molecule has 0 aromatic carbocycles. The molecule has 0 fully saturated rings. The lowest BCUT2D eigenvalue weighted by Crippen LogP contribution is -2.15. The van der Waals surface area contributed by atoms with Gasteiger partial charge in [0.25, 0.3) is 0 Å². The van der Waals surface area contributed by atoms with Crippen LogP contribution < -0.4 is 5.73 Å². The minimum absolute atomic E-state index is 0.281. The maximum atomic E-state index is 6.23. The van der Waals surface area contributed by atoms with Crippen molar-refractivity contribution in [3.8, 4) is 0 Å². The van der Waals surface area contributed by atoms with Gasteiger partial charge in [0, 0.05) is 13.0 Å². The Bertz CT molecular complexity index is 548. The molecule has 0 aliphatic carbocycles. The Morgan fingerprint density at radius 1 is 1.44 bits per heavy atom. The lowest BCUT2D eigenvalue weighted by Gasteiger charge is -2.10. The normalized spacial score (nSPS) is 12.9. The third kappa shape index (κ3) is 2.55. The molecule has 2 heterocycles. The minimum atomic E-state index is -0.281. The molecule has 1 unspecified atom stereocenters. The maximum Gasteiger partial charge on any atom is 0.193 e. The van der Waals surface area contributed by atoms with E-state index in [1.807, 2.05) is 18.5 Å². The van der Waals surface area contributed by atoms with Crippen LogP contribution in [0, 0.1) is 6.92 Å². The van der Waals surface area contributed by atoms with Crippen LogP contribution in [0.1, 0.15) is 30.1 Å². The fourth-order valence-corrected chi connectivity index (χ4v) is 2.27. The molecular formula is C12H15Cl2N3O. The largest absolute Gasteiger partial charge is 0.448 e. The molecule has 0 aliphatic heterocycles. The Balaban J connectivity index is 2.23. The number of hydrogen-bond acceptors (Lipinski definition) is 3. The Labute approximate surface area is 116 Å². The van der Waals surface area contributed by atoms with Crippen LogP contribution in [0.3, 0.4) is 0 Å². The predicted octanol–water partition coefficient (Wildman–Crippen LogP) is 3.35. The van der Waals surface area contributed by atoms with Crippen molar-refractivity contribution in [2.75, 3.05) is 0 Å². The van der Waals surface area contributed by atoms with Crippen LogP contribution in [0.5, 0.6) is 0 Å². The van der Waals surface area contributed by atoms with Gasteiger partial charge in [0.1, 0.15) is 5.76 Å². The highest BCUT2D eigenvalue weighted by Crippen LogP contribution is 2.26. The molecule has 2 rings (SSSR count). The quantitative estimate of drug-likeness (QED) is 0.938. The Morgan fingerprint density at radius 3 is 2.72 bits per heavy atom. The first-order valence-electron chi connectivity index (χ1n) is 5.75. The fraction of sp³-hybridized carbons (Fsp3) is 0.417. The molecular weight excluding hydrogens is 273 g/mol. The van der Waals surface area contributed by atoms with Gasteiger partial charge in [-0.1, -0.05) is 11.6 Å². The van der Waals surface area contributed by atoms with Gasteiger partial charge in [0.2, 0.25) is 0 Å². The van der Waals surface area contributed by atoms with Gasteiger partial charge in [-0.2, -0.15) is 5.10 Å². The van der Waals surface area contributed by atoms with E-state index in [-0.39, 0.29) is 6.04 Å². The number of nitrogens with zero attached hydrogens (tertiary/aromatic N) is 2. The van der Waals surface area contributed by atoms with Crippen molar-refractivity contribution in [3.05, 3.63) is 39.5 Å². The molecule has 0 amide bonds. The molecule has 0 spiro atoms. The molecule has 6 heteroatoms. The summed E-state index contributed by atoms with van der Waals surface area (Å²) in [6.07, 6.45) is 0.567. The van der Waals surface area contributed by atoms with E-state index in [0.29, 0.717) is 22.4 Å². The minimum Gasteiger partial charge on any atom is -0.448 e. The monoisotopic (exact) mass is 287 g/mol. The zero-order valence-corrected chi connectivity index (χ0v) is 11.8. The zero-order valence-electron chi connectivity index (χ0n) is 10.3. The number of aryl methyl sites for hydroxylation is 2. The summed E-state index contributed by atoms with van der Waals surface area (Å²) >= 11 is 12.0. The van der Waals surface area contributed by atoms with Gasteiger partial charge < -0.3 is 10.2 Å². The van der Waals surface area contributed by atoms with Gasteiger partial charge in [-0.25, -0.2) is 0 Å². The zero-order chi connectivity index (χ0) is 13.3. The van der Waals surface area contributed by atoms with E-state index < -0.39 is 0 Å². The fourth-order valence-electron chi connectivity index (χ4n) is 1.90. The van der Waals surface area contributed by atoms with Gasteiger partial charge >= 0.3 is 0 Å². The van der Waals surface area contributed by atoms with Crippen molar-refractivity contribution in [1.29, 1.82) is 0 Å². The molecule has 0 saturated heterocycles. The standard InChI is InChI=1S/C12H15Cl2N3O/c1-3-17-9(12(14)7(2)16-17)6-8(15)10-4-5-11(13)18-10/h4-5,8H,3,6,15H2,1-2H3. The summed E-state index contributed by atoms with van der Waals surface area (Å²) in [5.74, 6) is 0.651. The summed E-state index contributed by atoms with van der Waals surface area (Å²) in [5.41, 5.74) is 7.84. The average Bonchev–Trinajstić information content (AvgIpc) is 2.88. The first-order valence-corrected chi connectivity index (χ1v) is 6.51. The van der Waals surface area contributed by atoms with Crippen molar-refractivity contribution in [2.45, 2.75) is 32.9 Å². The molecule has 18 heavy (non-hydrogen) atoms. The Hall–Kier alpha value is -0.970. The van der Waals surface area contributed by atoms with Crippen LogP contribution >= 0.6 is 23.2 Å². The SMILES string of the molecule is CCn1nc(C)c(Cl)c1CC(N)c1ccc(Cl)o1. The second-order valence-corrected chi connectivity index (χ2v) is 4.86. The summed E-state index contributed by atoms with van der Waals surface area (Å²) in [7, 11) is 0. The van der Waals surface area contributed by atoms with Crippen molar-refractivity contribution in [2.24, 2.45) is 5.73 Å². The maximum absolute atomic E-state index is 6.23. The van der Waals surface area contributed by atoms with Crippen molar-refractivity contribution in [1.82, 2.24) is 9.78 Å². The number of halogens is 2. The molecule has 2 N–H and O–H groups in total. The summed E-state index contributed by atoms with van der Waals surface area (Å²) < 4.78 is 7.17. The molecule has 0 saturated carbocycles. The number of rotatable bonds is 4. The highest BCUT2D eigenvalue weighted by atomic mass is 35.5. The number of nitrogens with two attached hydrogens (primary N) is 1. The van der Waals surface area contributed by atoms with Gasteiger partial charge in [-0.15, -0.1) is 0 Å². The molecule has 98 valence electrons. The molecule has 2 aromatic rings. The van der Waals surface area contributed by atoms with Crippen LogP contribution in [0.25, 0.3) is 0 Å². The van der Waals surface area contributed by atoms with Gasteiger partial charge in [-0.05, 0) is 37.6 Å². The van der Waals surface area contributed by atoms with Crippen LogP contribution in [0.15, 0.2) is 16.5 Å². The topological polar surface area (TPSA) is 57.0 Å². The second kappa shape index (κ2) is 5.34. The summed E-state index contributed by atoms with van der Waals surface area (Å²) in [6, 6.07) is 3.18.